The van der Waals surface area contributed by atoms with Gasteiger partial charge in [0.05, 0.1) is 25.1 Å². The highest BCUT2D eigenvalue weighted by Gasteiger charge is 2.16. The largest absolute Gasteiger partial charge is 0.481 e. The molecule has 25 heavy (non-hydrogen) atoms. The molecule has 1 fully saturated rings. The summed E-state index contributed by atoms with van der Waals surface area (Å²) in [4.78, 5) is 18.7. The summed E-state index contributed by atoms with van der Waals surface area (Å²) in [6.07, 6.45) is 0.998. The van der Waals surface area contributed by atoms with Crippen LogP contribution in [-0.2, 0) is 9.53 Å². The normalized spacial score (nSPS) is 15.5. The van der Waals surface area contributed by atoms with E-state index in [4.69, 9.17) is 9.47 Å². The van der Waals surface area contributed by atoms with Crippen molar-refractivity contribution in [2.75, 3.05) is 36.5 Å². The lowest BCUT2D eigenvalue weighted by Crippen LogP contribution is -2.36. The summed E-state index contributed by atoms with van der Waals surface area (Å²) in [7, 11) is 0. The number of amides is 1. The van der Waals surface area contributed by atoms with Gasteiger partial charge in [0.25, 0.3) is 5.91 Å². The van der Waals surface area contributed by atoms with Crippen LogP contribution >= 0.6 is 0 Å². The Morgan fingerprint density at radius 3 is 2.60 bits per heavy atom. The minimum atomic E-state index is -0.730. The van der Waals surface area contributed by atoms with E-state index in [2.05, 4.69) is 15.2 Å². The molecule has 1 amide bonds. The molecule has 1 aliphatic rings. The molecule has 0 bridgehead atoms. The first-order chi connectivity index (χ1) is 12.1. The Labute approximate surface area is 145 Å². The minimum absolute atomic E-state index is 0.323. The van der Waals surface area contributed by atoms with Gasteiger partial charge >= 0.3 is 0 Å². The third kappa shape index (κ3) is 4.67. The minimum Gasteiger partial charge on any atom is -0.481 e. The number of carbonyl (C=O) groups is 1. The number of pyridine rings is 1. The predicted molar refractivity (Wildman–Crippen MR) is 92.4 cm³/mol. The van der Waals surface area contributed by atoms with Crippen LogP contribution in [0.4, 0.5) is 15.9 Å². The molecule has 1 aromatic carbocycles. The van der Waals surface area contributed by atoms with E-state index in [9.17, 15) is 9.18 Å². The molecular formula is C18H20FN3O3. The van der Waals surface area contributed by atoms with E-state index in [0.717, 1.165) is 18.8 Å². The van der Waals surface area contributed by atoms with Crippen LogP contribution in [0.5, 0.6) is 5.75 Å². The van der Waals surface area contributed by atoms with Crippen LogP contribution in [0.15, 0.2) is 42.6 Å². The highest BCUT2D eigenvalue weighted by molar-refractivity contribution is 5.93. The highest BCUT2D eigenvalue weighted by atomic mass is 19.1. The van der Waals surface area contributed by atoms with E-state index in [1.807, 2.05) is 6.07 Å². The number of halogens is 1. The quantitative estimate of drug-likeness (QED) is 0.902. The van der Waals surface area contributed by atoms with Gasteiger partial charge in [-0.15, -0.1) is 0 Å². The third-order valence-corrected chi connectivity index (χ3v) is 3.87. The second kappa shape index (κ2) is 7.94. The Morgan fingerprint density at radius 2 is 1.96 bits per heavy atom. The molecule has 1 N–H and O–H groups in total. The Hall–Kier alpha value is -2.67. The van der Waals surface area contributed by atoms with Crippen molar-refractivity contribution in [1.82, 2.24) is 4.98 Å². The number of nitrogens with zero attached hydrogens (tertiary/aromatic N) is 2. The average Bonchev–Trinajstić information content (AvgIpc) is 2.65. The number of benzene rings is 1. The first kappa shape index (κ1) is 17.2. The van der Waals surface area contributed by atoms with Crippen molar-refractivity contribution in [2.24, 2.45) is 0 Å². The summed E-state index contributed by atoms with van der Waals surface area (Å²) in [5, 5.41) is 2.71. The monoisotopic (exact) mass is 345 g/mol. The van der Waals surface area contributed by atoms with Crippen LogP contribution in [0, 0.1) is 5.82 Å². The second-order valence-corrected chi connectivity index (χ2v) is 5.70. The maximum Gasteiger partial charge on any atom is 0.266 e. The van der Waals surface area contributed by atoms with Gasteiger partial charge < -0.3 is 19.7 Å². The van der Waals surface area contributed by atoms with Gasteiger partial charge in [-0.25, -0.2) is 9.37 Å². The molecule has 1 aromatic heterocycles. The molecule has 0 radical (unpaired) electrons. The second-order valence-electron chi connectivity index (χ2n) is 5.70. The van der Waals surface area contributed by atoms with Crippen LogP contribution in [0.2, 0.25) is 0 Å². The lowest BCUT2D eigenvalue weighted by Gasteiger charge is -2.28. The SMILES string of the molecule is CC(Oc1ccc(F)cc1)C(=O)Nc1ccc(N2CCOCC2)cn1. The summed E-state index contributed by atoms with van der Waals surface area (Å²) < 4.78 is 23.7. The molecule has 132 valence electrons. The van der Waals surface area contributed by atoms with Crippen molar-refractivity contribution in [3.8, 4) is 5.75 Å². The van der Waals surface area contributed by atoms with Gasteiger partial charge in [-0.1, -0.05) is 0 Å². The smallest absolute Gasteiger partial charge is 0.266 e. The van der Waals surface area contributed by atoms with Crippen LogP contribution < -0.4 is 15.0 Å². The molecule has 1 saturated heterocycles. The molecular weight excluding hydrogens is 325 g/mol. The topological polar surface area (TPSA) is 63.7 Å². The number of anilines is 2. The first-order valence-electron chi connectivity index (χ1n) is 8.13. The van der Waals surface area contributed by atoms with Gasteiger partial charge in [0.1, 0.15) is 17.4 Å². The van der Waals surface area contributed by atoms with Gasteiger partial charge in [0.15, 0.2) is 6.10 Å². The van der Waals surface area contributed by atoms with Crippen LogP contribution in [0.1, 0.15) is 6.92 Å². The number of rotatable bonds is 5. The molecule has 3 rings (SSSR count). The Balaban J connectivity index is 1.55. The molecule has 2 aromatic rings. The number of hydrogen-bond donors (Lipinski definition) is 1. The van der Waals surface area contributed by atoms with Crippen LogP contribution in [-0.4, -0.2) is 43.3 Å². The van der Waals surface area contributed by atoms with Gasteiger partial charge in [-0.3, -0.25) is 4.79 Å². The van der Waals surface area contributed by atoms with Gasteiger partial charge in [0.2, 0.25) is 0 Å². The molecule has 0 spiro atoms. The molecule has 6 nitrogen and oxygen atoms in total. The van der Waals surface area contributed by atoms with E-state index in [1.54, 1.807) is 19.2 Å². The van der Waals surface area contributed by atoms with Crippen molar-refractivity contribution >= 4 is 17.4 Å². The Morgan fingerprint density at radius 1 is 1.24 bits per heavy atom. The third-order valence-electron chi connectivity index (χ3n) is 3.87. The standard InChI is InChI=1S/C18H20FN3O3/c1-13(25-16-5-2-14(19)3-6-16)18(23)21-17-7-4-15(12-20-17)22-8-10-24-11-9-22/h2-7,12-13H,8-11H2,1H3,(H,20,21,23). The molecule has 0 aliphatic carbocycles. The molecule has 1 unspecified atom stereocenters. The zero-order valence-corrected chi connectivity index (χ0v) is 13.9. The summed E-state index contributed by atoms with van der Waals surface area (Å²) in [6.45, 7) is 4.69. The number of nitrogens with one attached hydrogen (secondary N) is 1. The van der Waals surface area contributed by atoms with E-state index in [0.29, 0.717) is 24.8 Å². The van der Waals surface area contributed by atoms with Gasteiger partial charge in [-0.05, 0) is 43.3 Å². The van der Waals surface area contributed by atoms with Gasteiger partial charge in [-0.2, -0.15) is 0 Å². The van der Waals surface area contributed by atoms with Crippen LogP contribution in [0.3, 0.4) is 0 Å². The lowest BCUT2D eigenvalue weighted by atomic mass is 10.3. The average molecular weight is 345 g/mol. The molecule has 0 saturated carbocycles. The van der Waals surface area contributed by atoms with E-state index in [-0.39, 0.29) is 11.7 Å². The summed E-state index contributed by atoms with van der Waals surface area (Å²) in [5.74, 6) is 0.209. The number of ether oxygens (including phenoxy) is 2. The van der Waals surface area contributed by atoms with Crippen molar-refractivity contribution in [3.63, 3.8) is 0 Å². The number of carbonyl (C=O) groups excluding carboxylic acids is 1. The number of morpholine rings is 1. The zero-order chi connectivity index (χ0) is 17.6. The Kier molecular flexibility index (Phi) is 5.45. The lowest BCUT2D eigenvalue weighted by molar-refractivity contribution is -0.122. The van der Waals surface area contributed by atoms with Crippen LogP contribution in [0.25, 0.3) is 0 Å². The highest BCUT2D eigenvalue weighted by Crippen LogP contribution is 2.17. The fraction of sp³-hybridized carbons (Fsp3) is 0.333. The predicted octanol–water partition coefficient (Wildman–Crippen LogP) is 2.46. The molecule has 2 heterocycles. The maximum absolute atomic E-state index is 12.9. The van der Waals surface area contributed by atoms with Crippen molar-refractivity contribution in [1.29, 1.82) is 0 Å². The van der Waals surface area contributed by atoms with E-state index >= 15 is 0 Å². The first-order valence-corrected chi connectivity index (χ1v) is 8.13. The number of aromatic nitrogens is 1. The van der Waals surface area contributed by atoms with Crippen molar-refractivity contribution in [2.45, 2.75) is 13.0 Å². The van der Waals surface area contributed by atoms with Crippen molar-refractivity contribution < 1.29 is 18.7 Å². The van der Waals surface area contributed by atoms with Crippen molar-refractivity contribution in [3.05, 3.63) is 48.4 Å². The number of hydrogen-bond acceptors (Lipinski definition) is 5. The molecule has 1 aliphatic heterocycles. The zero-order valence-electron chi connectivity index (χ0n) is 13.9. The summed E-state index contributed by atoms with van der Waals surface area (Å²) >= 11 is 0. The fourth-order valence-corrected chi connectivity index (χ4v) is 2.47. The summed E-state index contributed by atoms with van der Waals surface area (Å²) in [6, 6.07) is 9.20. The molecule has 1 atom stereocenters. The maximum atomic E-state index is 12.9. The van der Waals surface area contributed by atoms with E-state index in [1.165, 1.54) is 24.3 Å². The van der Waals surface area contributed by atoms with E-state index < -0.39 is 6.10 Å². The fourth-order valence-electron chi connectivity index (χ4n) is 2.47. The molecule has 7 heteroatoms. The van der Waals surface area contributed by atoms with Gasteiger partial charge in [0, 0.05) is 13.1 Å². The summed E-state index contributed by atoms with van der Waals surface area (Å²) in [5.41, 5.74) is 0.997. The Bertz CT molecular complexity index is 701.